The molecule has 1 heterocycles. The minimum absolute atomic E-state index is 0.0856. The smallest absolute Gasteiger partial charge is 0.265 e. The molecule has 1 aromatic rings. The summed E-state index contributed by atoms with van der Waals surface area (Å²) in [5.41, 5.74) is -0.444. The quantitative estimate of drug-likeness (QED) is 0.561. The summed E-state index contributed by atoms with van der Waals surface area (Å²) in [6.07, 6.45) is 1.02. The van der Waals surface area contributed by atoms with Crippen LogP contribution in [-0.4, -0.2) is 24.9 Å². The lowest BCUT2D eigenvalue weighted by Crippen LogP contribution is -1.97. The second kappa shape index (κ2) is 1.98. The van der Waals surface area contributed by atoms with Gasteiger partial charge in [0.05, 0.1) is 0 Å². The Bertz CT molecular complexity index is 371. The van der Waals surface area contributed by atoms with Gasteiger partial charge >= 0.3 is 0 Å². The molecular weight excluding hydrogens is 156 g/mol. The van der Waals surface area contributed by atoms with Crippen molar-refractivity contribution in [1.82, 2.24) is 10.2 Å². The van der Waals surface area contributed by atoms with Crippen molar-refractivity contribution in [2.24, 2.45) is 0 Å². The average molecular weight is 162 g/mol. The van der Waals surface area contributed by atoms with Crippen LogP contribution in [-0.2, 0) is 9.84 Å². The van der Waals surface area contributed by atoms with Crippen molar-refractivity contribution in [3.05, 3.63) is 16.4 Å². The van der Waals surface area contributed by atoms with Crippen LogP contribution in [0.25, 0.3) is 0 Å². The highest BCUT2D eigenvalue weighted by molar-refractivity contribution is 7.90. The molecule has 0 aliphatic carbocycles. The molecule has 2 N–H and O–H groups in total. The molecule has 10 heavy (non-hydrogen) atoms. The van der Waals surface area contributed by atoms with Crippen molar-refractivity contribution in [3.63, 3.8) is 0 Å². The Morgan fingerprint density at radius 1 is 1.40 bits per heavy atom. The van der Waals surface area contributed by atoms with Gasteiger partial charge < -0.3 is 0 Å². The number of hydrogen-bond acceptors (Lipinski definition) is 3. The predicted octanol–water partition coefficient (Wildman–Crippen LogP) is -0.894. The summed E-state index contributed by atoms with van der Waals surface area (Å²) in [5, 5.41) is 4.25. The Morgan fingerprint density at radius 2 is 2.00 bits per heavy atom. The number of sulfone groups is 1. The lowest BCUT2D eigenvalue weighted by atomic mass is 10.7. The fourth-order valence-corrected chi connectivity index (χ4v) is 1.07. The van der Waals surface area contributed by atoms with E-state index >= 15 is 0 Å². The standard InChI is InChI=1S/C4H6N2O3S/c1-10(8,9)4-2-3(7)5-6-4/h2H,1H3,(H2,5,6,7). The third-order valence-electron chi connectivity index (χ3n) is 0.971. The predicted molar refractivity (Wildman–Crippen MR) is 34.5 cm³/mol. The Kier molecular flexibility index (Phi) is 1.40. The number of H-pyrrole nitrogens is 2. The van der Waals surface area contributed by atoms with Gasteiger partial charge in [-0.15, -0.1) is 0 Å². The maximum atomic E-state index is 10.7. The van der Waals surface area contributed by atoms with Gasteiger partial charge in [0.1, 0.15) is 0 Å². The molecule has 5 nitrogen and oxygen atoms in total. The van der Waals surface area contributed by atoms with Crippen LogP contribution < -0.4 is 5.56 Å². The van der Waals surface area contributed by atoms with E-state index in [2.05, 4.69) is 10.2 Å². The van der Waals surface area contributed by atoms with Crippen LogP contribution in [0.5, 0.6) is 0 Å². The van der Waals surface area contributed by atoms with Gasteiger partial charge in [-0.05, 0) is 0 Å². The zero-order valence-electron chi connectivity index (χ0n) is 5.21. The molecule has 1 rings (SSSR count). The second-order valence-electron chi connectivity index (χ2n) is 1.90. The van der Waals surface area contributed by atoms with E-state index in [-0.39, 0.29) is 5.03 Å². The number of nitrogens with one attached hydrogen (secondary N) is 2. The van der Waals surface area contributed by atoms with Crippen LogP contribution in [0.1, 0.15) is 0 Å². The largest absolute Gasteiger partial charge is 0.287 e. The molecule has 6 heteroatoms. The van der Waals surface area contributed by atoms with Gasteiger partial charge in [-0.2, -0.15) is 0 Å². The number of aromatic nitrogens is 2. The van der Waals surface area contributed by atoms with Crippen LogP contribution in [0.15, 0.2) is 15.9 Å². The van der Waals surface area contributed by atoms with Crippen LogP contribution in [0, 0.1) is 0 Å². The first kappa shape index (κ1) is 7.07. The minimum atomic E-state index is -3.27. The van der Waals surface area contributed by atoms with Crippen molar-refractivity contribution >= 4 is 9.84 Å². The van der Waals surface area contributed by atoms with Crippen LogP contribution in [0.4, 0.5) is 0 Å². The summed E-state index contributed by atoms with van der Waals surface area (Å²) in [6.45, 7) is 0. The third kappa shape index (κ3) is 1.27. The third-order valence-corrected chi connectivity index (χ3v) is 1.99. The lowest BCUT2D eigenvalue weighted by Gasteiger charge is -1.86. The molecule has 56 valence electrons. The molecule has 0 unspecified atom stereocenters. The summed E-state index contributed by atoms with van der Waals surface area (Å²) >= 11 is 0. The first-order valence-corrected chi connectivity index (χ1v) is 4.37. The highest BCUT2D eigenvalue weighted by Gasteiger charge is 2.07. The van der Waals surface area contributed by atoms with Crippen molar-refractivity contribution in [3.8, 4) is 0 Å². The van der Waals surface area contributed by atoms with E-state index < -0.39 is 15.4 Å². The van der Waals surface area contributed by atoms with Crippen LogP contribution in [0.3, 0.4) is 0 Å². The van der Waals surface area contributed by atoms with Crippen molar-refractivity contribution in [2.45, 2.75) is 5.03 Å². The first-order valence-electron chi connectivity index (χ1n) is 2.48. The van der Waals surface area contributed by atoms with Gasteiger partial charge in [-0.3, -0.25) is 15.0 Å². The zero-order valence-corrected chi connectivity index (χ0v) is 6.03. The molecule has 0 atom stereocenters. The van der Waals surface area contributed by atoms with Gasteiger partial charge in [0.25, 0.3) is 5.56 Å². The van der Waals surface area contributed by atoms with E-state index in [0.717, 1.165) is 12.3 Å². The summed E-state index contributed by atoms with van der Waals surface area (Å²) in [4.78, 5) is 10.4. The number of rotatable bonds is 1. The summed E-state index contributed by atoms with van der Waals surface area (Å²) in [6, 6.07) is 0.995. The highest BCUT2D eigenvalue weighted by Crippen LogP contribution is 1.97. The van der Waals surface area contributed by atoms with Crippen molar-refractivity contribution < 1.29 is 8.42 Å². The molecule has 0 saturated carbocycles. The Morgan fingerprint density at radius 3 is 2.20 bits per heavy atom. The summed E-state index contributed by atoms with van der Waals surface area (Å²) in [7, 11) is -3.27. The van der Waals surface area contributed by atoms with E-state index in [9.17, 15) is 13.2 Å². The molecule has 0 amide bonds. The number of hydrogen-bond donors (Lipinski definition) is 2. The highest BCUT2D eigenvalue weighted by atomic mass is 32.2. The normalized spacial score (nSPS) is 11.7. The van der Waals surface area contributed by atoms with E-state index in [1.54, 1.807) is 0 Å². The summed E-state index contributed by atoms with van der Waals surface area (Å²) in [5.74, 6) is 0. The van der Waals surface area contributed by atoms with Crippen molar-refractivity contribution in [2.75, 3.05) is 6.26 Å². The zero-order chi connectivity index (χ0) is 7.78. The molecule has 0 aromatic carbocycles. The Balaban J connectivity index is 3.34. The Labute approximate surface area is 57.0 Å². The molecular formula is C4H6N2O3S. The van der Waals surface area contributed by atoms with Gasteiger partial charge in [-0.1, -0.05) is 0 Å². The molecule has 0 saturated heterocycles. The molecule has 0 aliphatic heterocycles. The monoisotopic (exact) mass is 162 g/mol. The molecule has 0 fully saturated rings. The molecule has 0 spiro atoms. The van der Waals surface area contributed by atoms with E-state index in [4.69, 9.17) is 0 Å². The minimum Gasteiger partial charge on any atom is -0.287 e. The molecule has 1 aromatic heterocycles. The van der Waals surface area contributed by atoms with E-state index in [0.29, 0.717) is 0 Å². The molecule has 0 aliphatic rings. The second-order valence-corrected chi connectivity index (χ2v) is 3.88. The molecule has 0 bridgehead atoms. The Hall–Kier alpha value is -1.04. The summed E-state index contributed by atoms with van der Waals surface area (Å²) < 4.78 is 21.3. The topological polar surface area (TPSA) is 82.8 Å². The van der Waals surface area contributed by atoms with Crippen molar-refractivity contribution in [1.29, 1.82) is 0 Å². The van der Waals surface area contributed by atoms with E-state index in [1.807, 2.05) is 0 Å². The van der Waals surface area contributed by atoms with Crippen LogP contribution in [0.2, 0.25) is 0 Å². The average Bonchev–Trinajstić information content (AvgIpc) is 2.11. The molecule has 0 radical (unpaired) electrons. The van der Waals surface area contributed by atoms with Gasteiger partial charge in [0.15, 0.2) is 14.9 Å². The SMILES string of the molecule is CS(=O)(=O)c1cc(=O)[nH][nH]1. The number of aromatic amines is 2. The fraction of sp³-hybridized carbons (Fsp3) is 0.250. The lowest BCUT2D eigenvalue weighted by molar-refractivity contribution is 0.598. The van der Waals surface area contributed by atoms with E-state index in [1.165, 1.54) is 0 Å². The van der Waals surface area contributed by atoms with Crippen LogP contribution >= 0.6 is 0 Å². The first-order chi connectivity index (χ1) is 4.50. The maximum Gasteiger partial charge on any atom is 0.265 e. The van der Waals surface area contributed by atoms with Gasteiger partial charge in [0.2, 0.25) is 0 Å². The van der Waals surface area contributed by atoms with Gasteiger partial charge in [0, 0.05) is 12.3 Å². The van der Waals surface area contributed by atoms with Gasteiger partial charge in [-0.25, -0.2) is 8.42 Å². The fourth-order valence-electron chi connectivity index (χ4n) is 0.514. The maximum absolute atomic E-state index is 10.7.